The molecule has 0 aromatic heterocycles. The van der Waals surface area contributed by atoms with Gasteiger partial charge in [0.1, 0.15) is 0 Å². The third-order valence-electron chi connectivity index (χ3n) is 9.51. The van der Waals surface area contributed by atoms with Gasteiger partial charge in [0.25, 0.3) is 0 Å². The second-order valence-electron chi connectivity index (χ2n) is 14.9. The van der Waals surface area contributed by atoms with Gasteiger partial charge in [-0.2, -0.15) is 0 Å². The topological polar surface area (TPSA) is 60.7 Å². The van der Waals surface area contributed by atoms with Crippen LogP contribution in [-0.2, 0) is 0 Å². The minimum atomic E-state index is -0.132. The Hall–Kier alpha value is -0.900. The quantitative estimate of drug-likeness (QED) is 0.110. The molecule has 0 aliphatic carbocycles. The van der Waals surface area contributed by atoms with E-state index in [4.69, 9.17) is 0 Å². The Labute approximate surface area is 284 Å². The predicted octanol–water partition coefficient (Wildman–Crippen LogP) is 12.5. The molecule has 0 fully saturated rings. The normalized spacial score (nSPS) is 16.3. The molecular formula is C42H84O3. The maximum Gasteiger partial charge on any atom is 0.0563 e. The number of aliphatic hydroxyl groups is 3. The van der Waals surface area contributed by atoms with Crippen LogP contribution in [0.5, 0.6) is 0 Å². The van der Waals surface area contributed by atoms with E-state index in [1.807, 2.05) is 0 Å². The van der Waals surface area contributed by atoms with E-state index < -0.39 is 0 Å². The van der Waals surface area contributed by atoms with Crippen LogP contribution in [0.15, 0.2) is 34.9 Å². The Kier molecular flexibility index (Phi) is 32.8. The van der Waals surface area contributed by atoms with Crippen LogP contribution in [0.3, 0.4) is 0 Å². The zero-order valence-corrected chi connectivity index (χ0v) is 33.3. The summed E-state index contributed by atoms with van der Waals surface area (Å²) in [7, 11) is 0. The molecule has 270 valence electrons. The van der Waals surface area contributed by atoms with Gasteiger partial charge in [0.15, 0.2) is 0 Å². The second-order valence-corrected chi connectivity index (χ2v) is 14.9. The fraction of sp³-hybridized carbons (Fsp3) is 0.857. The first-order valence-corrected chi connectivity index (χ1v) is 19.0. The van der Waals surface area contributed by atoms with Crippen LogP contribution in [0.4, 0.5) is 0 Å². The summed E-state index contributed by atoms with van der Waals surface area (Å²) in [5.41, 5.74) is 4.63. The molecular weight excluding hydrogens is 552 g/mol. The maximum absolute atomic E-state index is 9.71. The fourth-order valence-corrected chi connectivity index (χ4v) is 5.35. The SMILES string of the molecule is C/C=C(/CC)CC(C)CCC(O)C(C)C.C/C=C(\CC)CC(C)CCC(O)C(C)C.CCC(=CC(C)CCC(O)C(C)C)CC. The van der Waals surface area contributed by atoms with Crippen molar-refractivity contribution < 1.29 is 15.3 Å². The van der Waals surface area contributed by atoms with E-state index in [1.54, 1.807) is 16.7 Å². The summed E-state index contributed by atoms with van der Waals surface area (Å²) in [4.78, 5) is 0. The van der Waals surface area contributed by atoms with E-state index in [2.05, 4.69) is 122 Å². The molecule has 0 amide bonds. The van der Waals surface area contributed by atoms with Crippen LogP contribution in [0.25, 0.3) is 0 Å². The fourth-order valence-electron chi connectivity index (χ4n) is 5.35. The summed E-state index contributed by atoms with van der Waals surface area (Å²) in [5.74, 6) is 3.18. The molecule has 0 saturated heterocycles. The molecule has 0 radical (unpaired) electrons. The molecule has 0 bridgehead atoms. The highest BCUT2D eigenvalue weighted by molar-refractivity contribution is 5.02. The van der Waals surface area contributed by atoms with Gasteiger partial charge >= 0.3 is 0 Å². The van der Waals surface area contributed by atoms with E-state index in [0.29, 0.717) is 35.5 Å². The first-order valence-electron chi connectivity index (χ1n) is 19.0. The molecule has 3 nitrogen and oxygen atoms in total. The molecule has 6 atom stereocenters. The Morgan fingerprint density at radius 1 is 0.444 bits per heavy atom. The van der Waals surface area contributed by atoms with Crippen LogP contribution >= 0.6 is 0 Å². The monoisotopic (exact) mass is 637 g/mol. The van der Waals surface area contributed by atoms with E-state index >= 15 is 0 Å². The third-order valence-corrected chi connectivity index (χ3v) is 9.51. The smallest absolute Gasteiger partial charge is 0.0563 e. The van der Waals surface area contributed by atoms with Crippen LogP contribution in [0.2, 0.25) is 0 Å². The summed E-state index contributed by atoms with van der Waals surface area (Å²) < 4.78 is 0. The van der Waals surface area contributed by atoms with Gasteiger partial charge in [-0.15, -0.1) is 0 Å². The Morgan fingerprint density at radius 2 is 0.733 bits per heavy atom. The van der Waals surface area contributed by atoms with Crippen molar-refractivity contribution in [3.8, 4) is 0 Å². The molecule has 0 aliphatic heterocycles. The zero-order valence-electron chi connectivity index (χ0n) is 33.3. The van der Waals surface area contributed by atoms with Gasteiger partial charge in [0.05, 0.1) is 18.3 Å². The third kappa shape index (κ3) is 29.0. The van der Waals surface area contributed by atoms with Crippen molar-refractivity contribution in [1.29, 1.82) is 0 Å². The molecule has 0 heterocycles. The van der Waals surface area contributed by atoms with Crippen molar-refractivity contribution in [3.63, 3.8) is 0 Å². The van der Waals surface area contributed by atoms with Gasteiger partial charge in [0, 0.05) is 0 Å². The first-order chi connectivity index (χ1) is 21.0. The maximum atomic E-state index is 9.71. The number of aliphatic hydroxyl groups excluding tert-OH is 3. The Morgan fingerprint density at radius 3 is 0.978 bits per heavy atom. The summed E-state index contributed by atoms with van der Waals surface area (Å²) in [5, 5.41) is 29.1. The van der Waals surface area contributed by atoms with Gasteiger partial charge in [0.2, 0.25) is 0 Å². The molecule has 0 aliphatic rings. The average Bonchev–Trinajstić information content (AvgIpc) is 3.01. The molecule has 0 spiro atoms. The van der Waals surface area contributed by atoms with Crippen molar-refractivity contribution in [2.75, 3.05) is 0 Å². The van der Waals surface area contributed by atoms with Gasteiger partial charge in [-0.25, -0.2) is 0 Å². The van der Waals surface area contributed by atoms with Crippen molar-refractivity contribution in [2.24, 2.45) is 35.5 Å². The molecule has 0 saturated carbocycles. The standard InChI is InChI=1S/3C14H28O/c3*1-6-13(7-2)10-12(5)8-9-14(15)11(3)4/h10-12,14-15H,6-9H2,1-5H3;2*6,11-12,14-15H,7-10H2,1-5H3/b;13-6+;13-6-. The van der Waals surface area contributed by atoms with Crippen molar-refractivity contribution in [2.45, 2.75) is 199 Å². The minimum absolute atomic E-state index is 0.122. The minimum Gasteiger partial charge on any atom is -0.393 e. The van der Waals surface area contributed by atoms with Gasteiger partial charge < -0.3 is 15.3 Å². The first kappa shape index (κ1) is 48.5. The number of allylic oxidation sites excluding steroid dienone is 6. The van der Waals surface area contributed by atoms with Crippen molar-refractivity contribution >= 4 is 0 Å². The number of hydrogen-bond donors (Lipinski definition) is 3. The molecule has 6 unspecified atom stereocenters. The summed E-state index contributed by atoms with van der Waals surface area (Å²) >= 11 is 0. The number of rotatable bonds is 21. The van der Waals surface area contributed by atoms with E-state index in [1.165, 1.54) is 12.8 Å². The van der Waals surface area contributed by atoms with Crippen LogP contribution in [-0.4, -0.2) is 33.6 Å². The molecule has 3 heteroatoms. The molecule has 0 aromatic rings. The lowest BCUT2D eigenvalue weighted by atomic mass is 9.92. The van der Waals surface area contributed by atoms with Crippen LogP contribution in [0.1, 0.15) is 181 Å². The van der Waals surface area contributed by atoms with E-state index in [-0.39, 0.29) is 18.3 Å². The zero-order chi connectivity index (χ0) is 35.5. The van der Waals surface area contributed by atoms with E-state index in [9.17, 15) is 15.3 Å². The molecule has 45 heavy (non-hydrogen) atoms. The summed E-state index contributed by atoms with van der Waals surface area (Å²) in [6, 6.07) is 0. The largest absolute Gasteiger partial charge is 0.393 e. The lowest BCUT2D eigenvalue weighted by Crippen LogP contribution is -2.15. The highest BCUT2D eigenvalue weighted by atomic mass is 16.3. The van der Waals surface area contributed by atoms with Gasteiger partial charge in [-0.3, -0.25) is 0 Å². The van der Waals surface area contributed by atoms with Crippen LogP contribution in [0, 0.1) is 35.5 Å². The highest BCUT2D eigenvalue weighted by Crippen LogP contribution is 2.22. The predicted molar refractivity (Wildman–Crippen MR) is 204 cm³/mol. The summed E-state index contributed by atoms with van der Waals surface area (Å²) in [6.07, 6.45) is 19.7. The molecule has 3 N–H and O–H groups in total. The average molecular weight is 637 g/mol. The van der Waals surface area contributed by atoms with Crippen molar-refractivity contribution in [3.05, 3.63) is 34.9 Å². The molecule has 0 aromatic carbocycles. The van der Waals surface area contributed by atoms with Gasteiger partial charge in [-0.1, -0.05) is 125 Å². The van der Waals surface area contributed by atoms with Crippen molar-refractivity contribution in [1.82, 2.24) is 0 Å². The van der Waals surface area contributed by atoms with E-state index in [0.717, 1.165) is 64.2 Å². The highest BCUT2D eigenvalue weighted by Gasteiger charge is 2.13. The lowest BCUT2D eigenvalue weighted by molar-refractivity contribution is 0.109. The molecule has 0 rings (SSSR count). The lowest BCUT2D eigenvalue weighted by Gasteiger charge is -2.18. The van der Waals surface area contributed by atoms with Gasteiger partial charge in [-0.05, 0) is 126 Å². The Bertz CT molecular complexity index is 697. The number of hydrogen-bond acceptors (Lipinski definition) is 3. The van der Waals surface area contributed by atoms with Crippen LogP contribution < -0.4 is 0 Å². The Balaban J connectivity index is -0.000000588. The second kappa shape index (κ2) is 30.4. The summed E-state index contributed by atoms with van der Waals surface area (Å²) in [6.45, 7) is 32.4.